The zero-order chi connectivity index (χ0) is 10.7. The van der Waals surface area contributed by atoms with Crippen LogP contribution in [0.25, 0.3) is 0 Å². The lowest BCUT2D eigenvalue weighted by Gasteiger charge is -2.10. The third kappa shape index (κ3) is 2.65. The Kier molecular flexibility index (Phi) is 3.14. The first-order valence-electron chi connectivity index (χ1n) is 5.69. The summed E-state index contributed by atoms with van der Waals surface area (Å²) in [6, 6.07) is 1.96. The molecule has 0 aliphatic heterocycles. The van der Waals surface area contributed by atoms with Gasteiger partial charge in [-0.05, 0) is 49.1 Å². The highest BCUT2D eigenvalue weighted by atomic mass is 16.1. The van der Waals surface area contributed by atoms with Gasteiger partial charge in [0.2, 0.25) is 0 Å². The third-order valence-corrected chi connectivity index (χ3v) is 3.37. The van der Waals surface area contributed by atoms with Crippen LogP contribution in [0.15, 0.2) is 18.5 Å². The van der Waals surface area contributed by atoms with Gasteiger partial charge in [0.1, 0.15) is 0 Å². The van der Waals surface area contributed by atoms with Gasteiger partial charge in [0.25, 0.3) is 0 Å². The maximum absolute atomic E-state index is 10.8. The summed E-state index contributed by atoms with van der Waals surface area (Å²) < 4.78 is 0. The van der Waals surface area contributed by atoms with Crippen LogP contribution in [0.2, 0.25) is 0 Å². The van der Waals surface area contributed by atoms with Crippen molar-refractivity contribution >= 4 is 6.29 Å². The van der Waals surface area contributed by atoms with Crippen molar-refractivity contribution < 1.29 is 4.79 Å². The molecule has 0 N–H and O–H groups in total. The molecular formula is C13H17NO. The maximum atomic E-state index is 10.8. The molecule has 0 amide bonds. The van der Waals surface area contributed by atoms with Gasteiger partial charge in [0.05, 0.1) is 0 Å². The number of pyridine rings is 1. The second-order valence-corrected chi connectivity index (χ2v) is 4.55. The monoisotopic (exact) mass is 203 g/mol. The van der Waals surface area contributed by atoms with E-state index in [1.807, 2.05) is 6.07 Å². The van der Waals surface area contributed by atoms with Gasteiger partial charge < -0.3 is 0 Å². The number of carbonyl (C=O) groups is 1. The van der Waals surface area contributed by atoms with Crippen LogP contribution in [-0.2, 0) is 6.42 Å². The first kappa shape index (κ1) is 10.3. The number of aryl methyl sites for hydroxylation is 1. The molecule has 1 aliphatic rings. The van der Waals surface area contributed by atoms with Crippen LogP contribution in [-0.4, -0.2) is 11.3 Å². The topological polar surface area (TPSA) is 30.0 Å². The van der Waals surface area contributed by atoms with E-state index in [-0.39, 0.29) is 0 Å². The molecule has 0 radical (unpaired) electrons. The summed E-state index contributed by atoms with van der Waals surface area (Å²) in [7, 11) is 0. The number of aldehydes is 1. The summed E-state index contributed by atoms with van der Waals surface area (Å²) in [5.74, 6) is 1.75. The fourth-order valence-electron chi connectivity index (χ4n) is 2.05. The minimum atomic E-state index is 0.750. The third-order valence-electron chi connectivity index (χ3n) is 3.37. The standard InChI is InChI=1S/C13H17NO/c1-10(11-4-5-11)2-3-12-6-7-14-8-13(12)9-15/h6-11H,2-5H2,1H3. The number of hydrogen-bond donors (Lipinski definition) is 0. The molecule has 1 aromatic heterocycles. The molecule has 2 heteroatoms. The Morgan fingerprint density at radius 2 is 2.40 bits per heavy atom. The molecule has 1 aromatic rings. The molecule has 0 bridgehead atoms. The van der Waals surface area contributed by atoms with E-state index in [1.165, 1.54) is 19.3 Å². The Hall–Kier alpha value is -1.18. The SMILES string of the molecule is CC(CCc1ccncc1C=O)C1CC1. The fraction of sp³-hybridized carbons (Fsp3) is 0.538. The lowest BCUT2D eigenvalue weighted by atomic mass is 9.96. The van der Waals surface area contributed by atoms with E-state index >= 15 is 0 Å². The van der Waals surface area contributed by atoms with Crippen LogP contribution in [0.5, 0.6) is 0 Å². The van der Waals surface area contributed by atoms with Crippen LogP contribution in [0, 0.1) is 11.8 Å². The molecule has 1 saturated carbocycles. The molecule has 2 rings (SSSR count). The first-order valence-corrected chi connectivity index (χ1v) is 5.69. The number of aromatic nitrogens is 1. The molecule has 0 spiro atoms. The van der Waals surface area contributed by atoms with Gasteiger partial charge in [-0.2, -0.15) is 0 Å². The zero-order valence-corrected chi connectivity index (χ0v) is 9.15. The average Bonchev–Trinajstić information content (AvgIpc) is 3.10. The van der Waals surface area contributed by atoms with Crippen LogP contribution in [0.3, 0.4) is 0 Å². The highest BCUT2D eigenvalue weighted by Crippen LogP contribution is 2.38. The minimum Gasteiger partial charge on any atom is -0.298 e. The van der Waals surface area contributed by atoms with Gasteiger partial charge in [-0.25, -0.2) is 0 Å². The molecule has 1 unspecified atom stereocenters. The van der Waals surface area contributed by atoms with Crippen molar-refractivity contribution in [1.82, 2.24) is 4.98 Å². The van der Waals surface area contributed by atoms with E-state index in [4.69, 9.17) is 0 Å². The lowest BCUT2D eigenvalue weighted by Crippen LogP contribution is -2.01. The quantitative estimate of drug-likeness (QED) is 0.689. The predicted octanol–water partition coefficient (Wildman–Crippen LogP) is 2.87. The van der Waals surface area contributed by atoms with E-state index < -0.39 is 0 Å². The van der Waals surface area contributed by atoms with Crippen molar-refractivity contribution in [2.24, 2.45) is 11.8 Å². The van der Waals surface area contributed by atoms with Gasteiger partial charge in [-0.15, -0.1) is 0 Å². The van der Waals surface area contributed by atoms with E-state index in [0.29, 0.717) is 0 Å². The molecule has 0 aromatic carbocycles. The molecule has 80 valence electrons. The Morgan fingerprint density at radius 1 is 1.60 bits per heavy atom. The van der Waals surface area contributed by atoms with Crippen molar-refractivity contribution in [3.05, 3.63) is 29.6 Å². The van der Waals surface area contributed by atoms with Crippen molar-refractivity contribution in [1.29, 1.82) is 0 Å². The zero-order valence-electron chi connectivity index (χ0n) is 9.15. The number of carbonyl (C=O) groups excluding carboxylic acids is 1. The summed E-state index contributed by atoms with van der Waals surface area (Å²) >= 11 is 0. The van der Waals surface area contributed by atoms with Gasteiger partial charge in [0, 0.05) is 18.0 Å². The lowest BCUT2D eigenvalue weighted by molar-refractivity contribution is 0.112. The van der Waals surface area contributed by atoms with Crippen LogP contribution in [0.4, 0.5) is 0 Å². The fourth-order valence-corrected chi connectivity index (χ4v) is 2.05. The van der Waals surface area contributed by atoms with Gasteiger partial charge in [0.15, 0.2) is 6.29 Å². The number of rotatable bonds is 5. The first-order chi connectivity index (χ1) is 7.31. The smallest absolute Gasteiger partial charge is 0.151 e. The molecule has 0 saturated heterocycles. The molecule has 15 heavy (non-hydrogen) atoms. The van der Waals surface area contributed by atoms with Gasteiger partial charge in [-0.1, -0.05) is 6.92 Å². The largest absolute Gasteiger partial charge is 0.298 e. The molecule has 1 heterocycles. The van der Waals surface area contributed by atoms with E-state index in [9.17, 15) is 4.79 Å². The second kappa shape index (κ2) is 4.56. The Balaban J connectivity index is 1.94. The summed E-state index contributed by atoms with van der Waals surface area (Å²) in [5, 5.41) is 0. The highest BCUT2D eigenvalue weighted by Gasteiger charge is 2.27. The van der Waals surface area contributed by atoms with Crippen molar-refractivity contribution in [2.45, 2.75) is 32.6 Å². The van der Waals surface area contributed by atoms with E-state index in [1.54, 1.807) is 12.4 Å². The number of hydrogen-bond acceptors (Lipinski definition) is 2. The maximum Gasteiger partial charge on any atom is 0.151 e. The highest BCUT2D eigenvalue weighted by molar-refractivity contribution is 5.76. The normalized spacial score (nSPS) is 17.4. The minimum absolute atomic E-state index is 0.750. The van der Waals surface area contributed by atoms with Crippen LogP contribution < -0.4 is 0 Å². The Labute approximate surface area is 90.7 Å². The van der Waals surface area contributed by atoms with Crippen LogP contribution in [0.1, 0.15) is 42.1 Å². The van der Waals surface area contributed by atoms with Crippen molar-refractivity contribution in [3.8, 4) is 0 Å². The Bertz CT molecular complexity index is 344. The van der Waals surface area contributed by atoms with Crippen molar-refractivity contribution in [3.63, 3.8) is 0 Å². The van der Waals surface area contributed by atoms with Gasteiger partial charge in [-0.3, -0.25) is 9.78 Å². The molecule has 1 aliphatic carbocycles. The van der Waals surface area contributed by atoms with Gasteiger partial charge >= 0.3 is 0 Å². The molecule has 2 nitrogen and oxygen atoms in total. The predicted molar refractivity (Wildman–Crippen MR) is 59.8 cm³/mol. The summed E-state index contributed by atoms with van der Waals surface area (Å²) in [6.07, 6.45) is 9.33. The van der Waals surface area contributed by atoms with Crippen molar-refractivity contribution in [2.75, 3.05) is 0 Å². The molecular weight excluding hydrogens is 186 g/mol. The molecule has 1 atom stereocenters. The average molecular weight is 203 g/mol. The van der Waals surface area contributed by atoms with Crippen LogP contribution >= 0.6 is 0 Å². The molecule has 1 fully saturated rings. The summed E-state index contributed by atoms with van der Waals surface area (Å²) in [5.41, 5.74) is 1.90. The van der Waals surface area contributed by atoms with E-state index in [0.717, 1.165) is 35.7 Å². The summed E-state index contributed by atoms with van der Waals surface area (Å²) in [6.45, 7) is 2.32. The van der Waals surface area contributed by atoms with E-state index in [2.05, 4.69) is 11.9 Å². The number of nitrogens with zero attached hydrogens (tertiary/aromatic N) is 1. The second-order valence-electron chi connectivity index (χ2n) is 4.55. The Morgan fingerprint density at radius 3 is 3.07 bits per heavy atom. The summed E-state index contributed by atoms with van der Waals surface area (Å²) in [4.78, 5) is 14.7.